The Morgan fingerprint density at radius 3 is 2.31 bits per heavy atom. The second-order valence-corrected chi connectivity index (χ2v) is 8.44. The Morgan fingerprint density at radius 1 is 0.938 bits per heavy atom. The van der Waals surface area contributed by atoms with Gasteiger partial charge in [-0.05, 0) is 6.42 Å². The van der Waals surface area contributed by atoms with Crippen LogP contribution in [0.3, 0.4) is 0 Å². The molecule has 4 heterocycles. The summed E-state index contributed by atoms with van der Waals surface area (Å²) >= 11 is 0. The zero-order valence-corrected chi connectivity index (χ0v) is 18.8. The minimum atomic E-state index is 0.0398. The molecule has 5 rings (SSSR count). The van der Waals surface area contributed by atoms with Crippen molar-refractivity contribution in [2.75, 3.05) is 67.7 Å². The van der Waals surface area contributed by atoms with Gasteiger partial charge >= 0.3 is 0 Å². The summed E-state index contributed by atoms with van der Waals surface area (Å²) < 4.78 is 11.2. The second-order valence-electron chi connectivity index (χ2n) is 8.44. The molecule has 3 aliphatic rings. The quantitative estimate of drug-likeness (QED) is 0.745. The van der Waals surface area contributed by atoms with Crippen molar-refractivity contribution >= 4 is 23.4 Å². The second kappa shape index (κ2) is 9.83. The lowest BCUT2D eigenvalue weighted by Gasteiger charge is -2.35. The number of nitrogens with zero attached hydrogens (tertiary/aromatic N) is 5. The number of nitrogens with one attached hydrogen (secondary N) is 1. The molecule has 2 fully saturated rings. The largest absolute Gasteiger partial charge is 0.378 e. The molecular formula is C24H32N6O2. The molecule has 1 aromatic heterocycles. The summed E-state index contributed by atoms with van der Waals surface area (Å²) in [4.78, 5) is 19.9. The number of benzene rings is 1. The maximum absolute atomic E-state index is 5.62. The molecule has 0 spiro atoms. The molecule has 0 bridgehead atoms. The standard InChI is InChI=1S/C24H32N6O2/c1-2-3-9-19-20-22(26-21(25-19)18-7-5-4-6-8-18)27-24(30-12-16-32-17-13-30)28-23(20)29-10-14-31-15-11-29/h4-8,19H,2-3,9-17H2,1H3,(H,25,26,27,28). The van der Waals surface area contributed by atoms with E-state index in [1.54, 1.807) is 0 Å². The first-order valence-electron chi connectivity index (χ1n) is 11.8. The summed E-state index contributed by atoms with van der Waals surface area (Å²) in [6.45, 7) is 8.36. The van der Waals surface area contributed by atoms with E-state index in [0.29, 0.717) is 13.2 Å². The number of aromatic nitrogens is 2. The van der Waals surface area contributed by atoms with Crippen molar-refractivity contribution in [3.8, 4) is 0 Å². The minimum Gasteiger partial charge on any atom is -0.378 e. The van der Waals surface area contributed by atoms with Crippen LogP contribution in [-0.2, 0) is 9.47 Å². The Morgan fingerprint density at radius 2 is 1.62 bits per heavy atom. The third-order valence-electron chi connectivity index (χ3n) is 6.25. The maximum atomic E-state index is 5.62. The van der Waals surface area contributed by atoms with E-state index in [-0.39, 0.29) is 6.04 Å². The fraction of sp³-hybridized carbons (Fsp3) is 0.542. The van der Waals surface area contributed by atoms with E-state index in [4.69, 9.17) is 24.4 Å². The molecule has 1 atom stereocenters. The molecule has 2 aromatic rings. The highest BCUT2D eigenvalue weighted by atomic mass is 16.5. The minimum absolute atomic E-state index is 0.0398. The Bertz CT molecular complexity index is 939. The van der Waals surface area contributed by atoms with Crippen LogP contribution in [0.25, 0.3) is 0 Å². The lowest BCUT2D eigenvalue weighted by Crippen LogP contribution is -2.41. The first-order valence-corrected chi connectivity index (χ1v) is 11.8. The number of hydrogen-bond acceptors (Lipinski definition) is 8. The lowest BCUT2D eigenvalue weighted by molar-refractivity contribution is 0.121. The Kier molecular flexibility index (Phi) is 6.50. The van der Waals surface area contributed by atoms with Gasteiger partial charge in [0.15, 0.2) is 0 Å². The number of unbranched alkanes of at least 4 members (excludes halogenated alkanes) is 1. The van der Waals surface area contributed by atoms with Gasteiger partial charge in [0.25, 0.3) is 0 Å². The van der Waals surface area contributed by atoms with Gasteiger partial charge in [-0.3, -0.25) is 4.99 Å². The number of anilines is 3. The number of rotatable bonds is 6. The van der Waals surface area contributed by atoms with Crippen molar-refractivity contribution in [2.45, 2.75) is 32.2 Å². The van der Waals surface area contributed by atoms with Crippen molar-refractivity contribution in [1.29, 1.82) is 0 Å². The predicted octanol–water partition coefficient (Wildman–Crippen LogP) is 3.25. The first kappa shape index (κ1) is 21.2. The first-order chi connectivity index (χ1) is 15.8. The zero-order chi connectivity index (χ0) is 21.8. The highest BCUT2D eigenvalue weighted by molar-refractivity contribution is 6.09. The molecule has 0 aliphatic carbocycles. The van der Waals surface area contributed by atoms with Gasteiger partial charge in [0.2, 0.25) is 5.95 Å². The molecule has 1 aromatic carbocycles. The average Bonchev–Trinajstić information content (AvgIpc) is 2.88. The third kappa shape index (κ3) is 4.42. The van der Waals surface area contributed by atoms with Gasteiger partial charge in [-0.25, -0.2) is 0 Å². The number of fused-ring (bicyclic) bond motifs is 1. The van der Waals surface area contributed by atoms with Crippen LogP contribution >= 0.6 is 0 Å². The number of hydrogen-bond donors (Lipinski definition) is 1. The molecule has 0 saturated carbocycles. The maximum Gasteiger partial charge on any atom is 0.229 e. The van der Waals surface area contributed by atoms with Gasteiger partial charge in [-0.15, -0.1) is 0 Å². The third-order valence-corrected chi connectivity index (χ3v) is 6.25. The van der Waals surface area contributed by atoms with Gasteiger partial charge in [0.1, 0.15) is 17.5 Å². The summed E-state index contributed by atoms with van der Waals surface area (Å²) in [5.41, 5.74) is 2.20. The van der Waals surface area contributed by atoms with E-state index in [9.17, 15) is 0 Å². The van der Waals surface area contributed by atoms with Crippen molar-refractivity contribution in [3.63, 3.8) is 0 Å². The molecule has 0 amide bonds. The number of aliphatic imine (C=N–C) groups is 1. The number of ether oxygens (including phenoxy) is 2. The van der Waals surface area contributed by atoms with Gasteiger partial charge in [0, 0.05) is 31.7 Å². The monoisotopic (exact) mass is 436 g/mol. The lowest BCUT2D eigenvalue weighted by atomic mass is 9.99. The Hall–Kier alpha value is -2.71. The van der Waals surface area contributed by atoms with E-state index >= 15 is 0 Å². The van der Waals surface area contributed by atoms with E-state index in [2.05, 4.69) is 34.2 Å². The van der Waals surface area contributed by atoms with Crippen molar-refractivity contribution < 1.29 is 9.47 Å². The van der Waals surface area contributed by atoms with Crippen molar-refractivity contribution in [3.05, 3.63) is 41.5 Å². The van der Waals surface area contributed by atoms with Gasteiger partial charge in [0.05, 0.1) is 38.0 Å². The molecular weight excluding hydrogens is 404 g/mol. The smallest absolute Gasteiger partial charge is 0.229 e. The molecule has 170 valence electrons. The fourth-order valence-corrected chi connectivity index (χ4v) is 4.48. The van der Waals surface area contributed by atoms with Crippen LogP contribution in [0.1, 0.15) is 43.4 Å². The summed E-state index contributed by atoms with van der Waals surface area (Å²) in [6.07, 6.45) is 3.23. The van der Waals surface area contributed by atoms with Crippen molar-refractivity contribution in [2.24, 2.45) is 4.99 Å². The van der Waals surface area contributed by atoms with Gasteiger partial charge in [-0.2, -0.15) is 9.97 Å². The van der Waals surface area contributed by atoms with Crippen molar-refractivity contribution in [1.82, 2.24) is 9.97 Å². The van der Waals surface area contributed by atoms with Crippen LogP contribution in [-0.4, -0.2) is 68.4 Å². The van der Waals surface area contributed by atoms with Crippen LogP contribution in [0.15, 0.2) is 35.3 Å². The molecule has 1 N–H and O–H groups in total. The molecule has 2 saturated heterocycles. The summed E-state index contributed by atoms with van der Waals surface area (Å²) in [7, 11) is 0. The Labute approximate surface area is 189 Å². The molecule has 0 radical (unpaired) electrons. The number of morpholine rings is 2. The van der Waals surface area contributed by atoms with E-state index < -0.39 is 0 Å². The van der Waals surface area contributed by atoms with Crippen LogP contribution in [0, 0.1) is 0 Å². The summed E-state index contributed by atoms with van der Waals surface area (Å²) in [5, 5.41) is 3.56. The molecule has 32 heavy (non-hydrogen) atoms. The number of amidine groups is 1. The van der Waals surface area contributed by atoms with Crippen LogP contribution in [0.5, 0.6) is 0 Å². The zero-order valence-electron chi connectivity index (χ0n) is 18.8. The normalized spacial score (nSPS) is 21.0. The van der Waals surface area contributed by atoms with E-state index in [0.717, 1.165) is 93.2 Å². The SMILES string of the molecule is CCCCC1N=C(c2ccccc2)Nc2nc(N3CCOCC3)nc(N3CCOCC3)c21. The van der Waals surface area contributed by atoms with Crippen LogP contribution in [0.4, 0.5) is 17.6 Å². The molecule has 8 heteroatoms. The van der Waals surface area contributed by atoms with Crippen LogP contribution < -0.4 is 15.1 Å². The molecule has 8 nitrogen and oxygen atoms in total. The Balaban J connectivity index is 1.59. The van der Waals surface area contributed by atoms with E-state index in [1.807, 2.05) is 18.2 Å². The van der Waals surface area contributed by atoms with E-state index in [1.165, 1.54) is 0 Å². The summed E-state index contributed by atoms with van der Waals surface area (Å²) in [5.74, 6) is 3.55. The van der Waals surface area contributed by atoms with Crippen LogP contribution in [0.2, 0.25) is 0 Å². The summed E-state index contributed by atoms with van der Waals surface area (Å²) in [6, 6.07) is 10.4. The fourth-order valence-electron chi connectivity index (χ4n) is 4.48. The average molecular weight is 437 g/mol. The van der Waals surface area contributed by atoms with Gasteiger partial charge < -0.3 is 24.6 Å². The topological polar surface area (TPSA) is 75.1 Å². The highest BCUT2D eigenvalue weighted by Crippen LogP contribution is 2.40. The van der Waals surface area contributed by atoms with Gasteiger partial charge in [-0.1, -0.05) is 50.1 Å². The molecule has 3 aliphatic heterocycles. The molecule has 1 unspecified atom stereocenters. The predicted molar refractivity (Wildman–Crippen MR) is 127 cm³/mol. The highest BCUT2D eigenvalue weighted by Gasteiger charge is 2.32.